The number of benzene rings is 1. The largest absolute Gasteiger partial charge is 0.355 e. The van der Waals surface area contributed by atoms with Crippen molar-refractivity contribution in [1.82, 2.24) is 16.0 Å². The van der Waals surface area contributed by atoms with Crippen LogP contribution in [-0.4, -0.2) is 36.9 Å². The Labute approximate surface area is 128 Å². The first-order valence-corrected chi connectivity index (χ1v) is 6.92. The summed E-state index contributed by atoms with van der Waals surface area (Å²) in [5.74, 6) is -1.08. The Kier molecular flexibility index (Phi) is 6.68. The van der Waals surface area contributed by atoms with Crippen LogP contribution in [0.15, 0.2) is 24.3 Å². The standard InChI is InChI=1S/C14H18ClN3O3/c1-3-16-13(20)9(2)18-12(19)8-17-14(21)10-4-6-11(15)7-5-10/h4-7,9H,3,8H2,1-2H3,(H,16,20)(H,17,21)(H,18,19)/t9-/m1/s1. The fraction of sp³-hybridized carbons (Fsp3) is 0.357. The van der Waals surface area contributed by atoms with Gasteiger partial charge in [-0.2, -0.15) is 0 Å². The lowest BCUT2D eigenvalue weighted by Gasteiger charge is -2.13. The summed E-state index contributed by atoms with van der Waals surface area (Å²) in [7, 11) is 0. The molecule has 0 fully saturated rings. The van der Waals surface area contributed by atoms with E-state index < -0.39 is 11.9 Å². The second-order valence-electron chi connectivity index (χ2n) is 4.37. The third kappa shape index (κ3) is 5.83. The van der Waals surface area contributed by atoms with Gasteiger partial charge in [-0.25, -0.2) is 0 Å². The van der Waals surface area contributed by atoms with Crippen LogP contribution >= 0.6 is 11.6 Å². The van der Waals surface area contributed by atoms with Crippen molar-refractivity contribution in [2.45, 2.75) is 19.9 Å². The molecule has 1 atom stereocenters. The number of hydrogen-bond acceptors (Lipinski definition) is 3. The minimum Gasteiger partial charge on any atom is -0.355 e. The van der Waals surface area contributed by atoms with Gasteiger partial charge in [-0.05, 0) is 38.1 Å². The third-order valence-electron chi connectivity index (χ3n) is 2.64. The van der Waals surface area contributed by atoms with Gasteiger partial charge in [0.2, 0.25) is 11.8 Å². The Morgan fingerprint density at radius 2 is 1.76 bits per heavy atom. The molecule has 114 valence electrons. The maximum atomic E-state index is 11.8. The first kappa shape index (κ1) is 17.0. The molecule has 0 saturated carbocycles. The zero-order chi connectivity index (χ0) is 15.8. The number of carbonyl (C=O) groups is 3. The zero-order valence-electron chi connectivity index (χ0n) is 11.9. The Bertz CT molecular complexity index is 517. The van der Waals surface area contributed by atoms with Crippen molar-refractivity contribution in [3.8, 4) is 0 Å². The van der Waals surface area contributed by atoms with Crippen molar-refractivity contribution in [2.24, 2.45) is 0 Å². The van der Waals surface area contributed by atoms with Crippen LogP contribution in [0.3, 0.4) is 0 Å². The number of amides is 3. The normalized spacial score (nSPS) is 11.4. The molecule has 1 rings (SSSR count). The average molecular weight is 312 g/mol. The molecule has 0 aliphatic carbocycles. The van der Waals surface area contributed by atoms with Gasteiger partial charge in [-0.3, -0.25) is 14.4 Å². The smallest absolute Gasteiger partial charge is 0.251 e. The van der Waals surface area contributed by atoms with Gasteiger partial charge in [0.15, 0.2) is 0 Å². The predicted octanol–water partition coefficient (Wildman–Crippen LogP) is 0.711. The summed E-state index contributed by atoms with van der Waals surface area (Å²) < 4.78 is 0. The average Bonchev–Trinajstić information content (AvgIpc) is 2.45. The summed E-state index contributed by atoms with van der Waals surface area (Å²) in [6.07, 6.45) is 0. The molecule has 6 nitrogen and oxygen atoms in total. The van der Waals surface area contributed by atoms with E-state index in [4.69, 9.17) is 11.6 Å². The second-order valence-corrected chi connectivity index (χ2v) is 4.81. The van der Waals surface area contributed by atoms with Crippen LogP contribution in [0.4, 0.5) is 0 Å². The number of hydrogen-bond donors (Lipinski definition) is 3. The van der Waals surface area contributed by atoms with Gasteiger partial charge in [0.25, 0.3) is 5.91 Å². The first-order chi connectivity index (χ1) is 9.93. The molecule has 0 heterocycles. The van der Waals surface area contributed by atoms with Gasteiger partial charge < -0.3 is 16.0 Å². The molecular formula is C14H18ClN3O3. The molecule has 3 N–H and O–H groups in total. The number of rotatable bonds is 6. The van der Waals surface area contributed by atoms with Crippen LogP contribution in [0.5, 0.6) is 0 Å². The monoisotopic (exact) mass is 311 g/mol. The van der Waals surface area contributed by atoms with E-state index in [1.807, 2.05) is 0 Å². The van der Waals surface area contributed by atoms with Crippen LogP contribution in [0.1, 0.15) is 24.2 Å². The fourth-order valence-corrected chi connectivity index (χ4v) is 1.68. The summed E-state index contributed by atoms with van der Waals surface area (Å²) in [4.78, 5) is 34.8. The minimum absolute atomic E-state index is 0.203. The molecular weight excluding hydrogens is 294 g/mol. The van der Waals surface area contributed by atoms with Crippen LogP contribution in [0.2, 0.25) is 5.02 Å². The topological polar surface area (TPSA) is 87.3 Å². The Morgan fingerprint density at radius 1 is 1.14 bits per heavy atom. The summed E-state index contributed by atoms with van der Waals surface area (Å²) in [6, 6.07) is 5.66. The molecule has 0 aromatic heterocycles. The highest BCUT2D eigenvalue weighted by Crippen LogP contribution is 2.09. The predicted molar refractivity (Wildman–Crippen MR) is 80.1 cm³/mol. The zero-order valence-corrected chi connectivity index (χ0v) is 12.7. The summed E-state index contributed by atoms with van der Waals surface area (Å²) in [5.41, 5.74) is 0.406. The van der Waals surface area contributed by atoms with Crippen LogP contribution in [0.25, 0.3) is 0 Å². The maximum absolute atomic E-state index is 11.8. The van der Waals surface area contributed by atoms with Gasteiger partial charge in [-0.1, -0.05) is 11.6 Å². The number of carbonyl (C=O) groups excluding carboxylic acids is 3. The highest BCUT2D eigenvalue weighted by atomic mass is 35.5. The molecule has 21 heavy (non-hydrogen) atoms. The highest BCUT2D eigenvalue weighted by molar-refractivity contribution is 6.30. The van der Waals surface area contributed by atoms with E-state index in [0.717, 1.165) is 0 Å². The Hall–Kier alpha value is -2.08. The van der Waals surface area contributed by atoms with Crippen LogP contribution in [0, 0.1) is 0 Å². The van der Waals surface area contributed by atoms with Crippen LogP contribution in [-0.2, 0) is 9.59 Å². The molecule has 0 unspecified atom stereocenters. The Balaban J connectivity index is 2.40. The van der Waals surface area contributed by atoms with Gasteiger partial charge in [0.1, 0.15) is 6.04 Å². The summed E-state index contributed by atoms with van der Waals surface area (Å²) in [5, 5.41) is 8.08. The molecule has 0 aliphatic rings. The van der Waals surface area contributed by atoms with Gasteiger partial charge in [0.05, 0.1) is 6.54 Å². The van der Waals surface area contributed by atoms with E-state index in [0.29, 0.717) is 17.1 Å². The molecule has 7 heteroatoms. The van der Waals surface area contributed by atoms with E-state index in [9.17, 15) is 14.4 Å². The van der Waals surface area contributed by atoms with Gasteiger partial charge in [0, 0.05) is 17.1 Å². The SMILES string of the molecule is CCNC(=O)[C@@H](C)NC(=O)CNC(=O)c1ccc(Cl)cc1. The van der Waals surface area contributed by atoms with Crippen molar-refractivity contribution in [1.29, 1.82) is 0 Å². The van der Waals surface area contributed by atoms with E-state index in [1.54, 1.807) is 38.1 Å². The Morgan fingerprint density at radius 3 is 2.33 bits per heavy atom. The lowest BCUT2D eigenvalue weighted by molar-refractivity contribution is -0.128. The number of likely N-dealkylation sites (N-methyl/N-ethyl adjacent to an activating group) is 1. The van der Waals surface area contributed by atoms with Crippen molar-refractivity contribution in [3.63, 3.8) is 0 Å². The second kappa shape index (κ2) is 8.26. The van der Waals surface area contributed by atoms with Gasteiger partial charge >= 0.3 is 0 Å². The molecule has 0 bridgehead atoms. The molecule has 0 saturated heterocycles. The summed E-state index contributed by atoms with van der Waals surface area (Å²) in [6.45, 7) is 3.65. The third-order valence-corrected chi connectivity index (χ3v) is 2.89. The van der Waals surface area contributed by atoms with E-state index >= 15 is 0 Å². The minimum atomic E-state index is -0.648. The van der Waals surface area contributed by atoms with Crippen molar-refractivity contribution < 1.29 is 14.4 Å². The molecule has 0 aliphatic heterocycles. The lowest BCUT2D eigenvalue weighted by atomic mass is 10.2. The van der Waals surface area contributed by atoms with Crippen LogP contribution < -0.4 is 16.0 Å². The quantitative estimate of drug-likeness (QED) is 0.723. The molecule has 1 aromatic rings. The summed E-state index contributed by atoms with van der Waals surface area (Å²) >= 11 is 5.72. The van der Waals surface area contributed by atoms with Crippen molar-refractivity contribution >= 4 is 29.3 Å². The lowest BCUT2D eigenvalue weighted by Crippen LogP contribution is -2.47. The number of halogens is 1. The number of nitrogens with one attached hydrogen (secondary N) is 3. The van der Waals surface area contributed by atoms with E-state index in [2.05, 4.69) is 16.0 Å². The molecule has 0 spiro atoms. The highest BCUT2D eigenvalue weighted by Gasteiger charge is 2.15. The fourth-order valence-electron chi connectivity index (χ4n) is 1.55. The maximum Gasteiger partial charge on any atom is 0.251 e. The van der Waals surface area contributed by atoms with Crippen molar-refractivity contribution in [2.75, 3.05) is 13.1 Å². The van der Waals surface area contributed by atoms with Crippen molar-refractivity contribution in [3.05, 3.63) is 34.9 Å². The first-order valence-electron chi connectivity index (χ1n) is 6.55. The molecule has 1 aromatic carbocycles. The molecule has 0 radical (unpaired) electrons. The van der Waals surface area contributed by atoms with E-state index in [-0.39, 0.29) is 18.4 Å². The van der Waals surface area contributed by atoms with Gasteiger partial charge in [-0.15, -0.1) is 0 Å². The molecule has 3 amide bonds. The van der Waals surface area contributed by atoms with E-state index in [1.165, 1.54) is 0 Å².